The van der Waals surface area contributed by atoms with E-state index in [9.17, 15) is 24.2 Å². The van der Waals surface area contributed by atoms with Crippen LogP contribution in [0.15, 0.2) is 24.3 Å². The molecule has 3 N–H and O–H groups in total. The number of esters is 2. The molecule has 0 fully saturated rings. The highest BCUT2D eigenvalue weighted by Gasteiger charge is 2.26. The van der Waals surface area contributed by atoms with Crippen molar-refractivity contribution in [1.82, 2.24) is 5.32 Å². The van der Waals surface area contributed by atoms with Crippen molar-refractivity contribution in [3.63, 3.8) is 0 Å². The second-order valence-corrected chi connectivity index (χ2v) is 17.0. The van der Waals surface area contributed by atoms with Gasteiger partial charge >= 0.3 is 19.8 Å². The number of unbranched alkanes of at least 4 members (excludes halogenated alkanes) is 24. The van der Waals surface area contributed by atoms with Crippen LogP contribution in [0.1, 0.15) is 199 Å². The summed E-state index contributed by atoms with van der Waals surface area (Å²) in [5, 5.41) is 12.6. The molecular formula is C45H82NO9P. The normalized spacial score (nSPS) is 13.1. The minimum atomic E-state index is -4.44. The zero-order valence-electron chi connectivity index (χ0n) is 35.6. The molecule has 11 heteroatoms. The van der Waals surface area contributed by atoms with Crippen LogP contribution in [0.3, 0.4) is 0 Å². The molecule has 56 heavy (non-hydrogen) atoms. The highest BCUT2D eigenvalue weighted by atomic mass is 31.2. The van der Waals surface area contributed by atoms with Crippen molar-refractivity contribution in [3.05, 3.63) is 29.8 Å². The van der Waals surface area contributed by atoms with Gasteiger partial charge in [-0.15, -0.1) is 0 Å². The monoisotopic (exact) mass is 812 g/mol. The molecule has 0 saturated heterocycles. The zero-order chi connectivity index (χ0) is 40.8. The molecule has 2 unspecified atom stereocenters. The van der Waals surface area contributed by atoms with E-state index in [4.69, 9.17) is 18.5 Å². The summed E-state index contributed by atoms with van der Waals surface area (Å²) in [7, 11) is -4.44. The lowest BCUT2D eigenvalue weighted by Crippen LogP contribution is -2.29. The smallest absolute Gasteiger partial charge is 0.472 e. The van der Waals surface area contributed by atoms with Crippen LogP contribution in [-0.4, -0.2) is 61.0 Å². The number of benzene rings is 1. The van der Waals surface area contributed by atoms with Gasteiger partial charge in [0.15, 0.2) is 6.10 Å². The third-order valence-corrected chi connectivity index (χ3v) is 11.2. The largest absolute Gasteiger partial charge is 0.508 e. The predicted octanol–water partition coefficient (Wildman–Crippen LogP) is 12.1. The molecule has 0 amide bonds. The van der Waals surface area contributed by atoms with Gasteiger partial charge in [-0.05, 0) is 43.5 Å². The molecule has 1 rings (SSSR count). The molecule has 1 aromatic carbocycles. The average molecular weight is 812 g/mol. The molecule has 0 bridgehead atoms. The van der Waals surface area contributed by atoms with Gasteiger partial charge in [-0.1, -0.05) is 180 Å². The van der Waals surface area contributed by atoms with Crippen LogP contribution in [0.5, 0.6) is 5.75 Å². The van der Waals surface area contributed by atoms with E-state index >= 15 is 0 Å². The summed E-state index contributed by atoms with van der Waals surface area (Å²) in [5.41, 5.74) is 1.05. The molecule has 326 valence electrons. The highest BCUT2D eigenvalue weighted by molar-refractivity contribution is 7.47. The highest BCUT2D eigenvalue weighted by Crippen LogP contribution is 2.43. The fraction of sp³-hybridized carbons (Fsp3) is 0.822. The summed E-state index contributed by atoms with van der Waals surface area (Å²) >= 11 is 0. The molecule has 0 aliphatic rings. The van der Waals surface area contributed by atoms with Crippen molar-refractivity contribution in [3.8, 4) is 5.75 Å². The second-order valence-electron chi connectivity index (χ2n) is 15.5. The number of phosphoric acid groups is 1. The maximum atomic E-state index is 12.7. The summed E-state index contributed by atoms with van der Waals surface area (Å²) in [6.07, 6.45) is 31.7. The fourth-order valence-electron chi connectivity index (χ4n) is 6.66. The van der Waals surface area contributed by atoms with Crippen LogP contribution in [0, 0.1) is 0 Å². The number of rotatable bonds is 41. The lowest BCUT2D eigenvalue weighted by atomic mass is 10.0. The van der Waals surface area contributed by atoms with Gasteiger partial charge in [0, 0.05) is 19.4 Å². The number of hydrogen-bond acceptors (Lipinski definition) is 9. The van der Waals surface area contributed by atoms with Crippen molar-refractivity contribution >= 4 is 19.8 Å². The van der Waals surface area contributed by atoms with Gasteiger partial charge in [0.05, 0.1) is 13.2 Å². The third-order valence-electron chi connectivity index (χ3n) is 10.2. The van der Waals surface area contributed by atoms with Crippen molar-refractivity contribution in [2.45, 2.75) is 206 Å². The Balaban J connectivity index is 2.35. The molecule has 0 aromatic heterocycles. The summed E-state index contributed by atoms with van der Waals surface area (Å²) in [6, 6.07) is 6.93. The molecule has 0 aliphatic heterocycles. The molecule has 2 atom stereocenters. The van der Waals surface area contributed by atoms with Crippen molar-refractivity contribution in [1.29, 1.82) is 0 Å². The van der Waals surface area contributed by atoms with Crippen LogP contribution in [0.2, 0.25) is 0 Å². The third kappa shape index (κ3) is 34.1. The van der Waals surface area contributed by atoms with E-state index in [0.29, 0.717) is 19.5 Å². The van der Waals surface area contributed by atoms with Crippen LogP contribution in [0.4, 0.5) is 0 Å². The number of phenolic OH excluding ortho intramolecular Hbond substituents is 1. The van der Waals surface area contributed by atoms with Crippen LogP contribution in [0.25, 0.3) is 0 Å². The molecule has 0 aliphatic carbocycles. The Kier molecular flexibility index (Phi) is 34.7. The van der Waals surface area contributed by atoms with Gasteiger partial charge in [0.2, 0.25) is 0 Å². The van der Waals surface area contributed by atoms with E-state index in [0.717, 1.165) is 50.5 Å². The Hall–Kier alpha value is -1.97. The number of hydrogen-bond donors (Lipinski definition) is 3. The molecule has 0 radical (unpaired) electrons. The fourth-order valence-corrected chi connectivity index (χ4v) is 7.41. The van der Waals surface area contributed by atoms with Gasteiger partial charge in [-0.3, -0.25) is 18.6 Å². The number of aromatic hydroxyl groups is 1. The Morgan fingerprint density at radius 2 is 1.02 bits per heavy atom. The lowest BCUT2D eigenvalue weighted by Gasteiger charge is -2.20. The summed E-state index contributed by atoms with van der Waals surface area (Å²) in [4.78, 5) is 35.5. The van der Waals surface area contributed by atoms with E-state index in [2.05, 4.69) is 19.2 Å². The molecule has 10 nitrogen and oxygen atoms in total. The molecule has 0 heterocycles. The van der Waals surface area contributed by atoms with Crippen LogP contribution >= 0.6 is 7.82 Å². The van der Waals surface area contributed by atoms with Gasteiger partial charge < -0.3 is 24.8 Å². The van der Waals surface area contributed by atoms with Crippen LogP contribution in [-0.2, 0) is 39.1 Å². The van der Waals surface area contributed by atoms with E-state index < -0.39 is 26.5 Å². The molecule has 1 aromatic rings. The maximum Gasteiger partial charge on any atom is 0.472 e. The van der Waals surface area contributed by atoms with Gasteiger partial charge in [-0.2, -0.15) is 0 Å². The molecule has 0 saturated carbocycles. The van der Waals surface area contributed by atoms with Crippen molar-refractivity contribution < 1.29 is 42.7 Å². The predicted molar refractivity (Wildman–Crippen MR) is 228 cm³/mol. The van der Waals surface area contributed by atoms with Gasteiger partial charge in [0.1, 0.15) is 12.4 Å². The Labute approximate surface area is 341 Å². The standard InChI is InChI=1S/C45H82NO9P/c1-3-5-7-9-11-13-15-17-19-21-23-25-27-29-44(48)52-39-43(55-45(49)30-28-26-24-22-20-18-16-14-12-10-8-6-4-2)40-54-56(50,51)53-38-37-46-36-35-41-31-33-42(47)34-32-41/h31-34,43,46-47H,3-30,35-40H2,1-2H3,(H,50,51). The zero-order valence-corrected chi connectivity index (χ0v) is 36.5. The Morgan fingerprint density at radius 3 is 1.48 bits per heavy atom. The van der Waals surface area contributed by atoms with E-state index in [1.807, 2.05) is 12.1 Å². The number of carbonyl (C=O) groups is 2. The Bertz CT molecular complexity index is 1100. The van der Waals surface area contributed by atoms with Gasteiger partial charge in [-0.25, -0.2) is 4.57 Å². The SMILES string of the molecule is CCCCCCCCCCCCCCCC(=O)OCC(COP(=O)(O)OCCNCCc1ccc(O)cc1)OC(=O)CCCCCCCCCCCCCCC. The van der Waals surface area contributed by atoms with Crippen molar-refractivity contribution in [2.75, 3.05) is 32.9 Å². The topological polar surface area (TPSA) is 141 Å². The quantitative estimate of drug-likeness (QED) is 0.0332. The minimum absolute atomic E-state index is 0.0685. The van der Waals surface area contributed by atoms with Crippen molar-refractivity contribution in [2.24, 2.45) is 0 Å². The number of phosphoric ester groups is 1. The minimum Gasteiger partial charge on any atom is -0.508 e. The molecule has 0 spiro atoms. The summed E-state index contributed by atoms with van der Waals surface area (Å²) < 4.78 is 33.9. The average Bonchev–Trinajstić information content (AvgIpc) is 3.18. The number of ether oxygens (including phenoxy) is 2. The van der Waals surface area contributed by atoms with E-state index in [-0.39, 0.29) is 37.8 Å². The lowest BCUT2D eigenvalue weighted by molar-refractivity contribution is -0.161. The maximum absolute atomic E-state index is 12.7. The number of carbonyl (C=O) groups excluding carboxylic acids is 2. The Morgan fingerprint density at radius 1 is 0.589 bits per heavy atom. The first-order chi connectivity index (χ1) is 27.3. The van der Waals surface area contributed by atoms with Gasteiger partial charge in [0.25, 0.3) is 0 Å². The second kappa shape index (κ2) is 37.3. The first-order valence-electron chi connectivity index (χ1n) is 22.7. The van der Waals surface area contributed by atoms with E-state index in [1.165, 1.54) is 122 Å². The number of phenols is 1. The summed E-state index contributed by atoms with van der Waals surface area (Å²) in [6.45, 7) is 4.68. The molecular weight excluding hydrogens is 729 g/mol. The summed E-state index contributed by atoms with van der Waals surface area (Å²) in [5.74, 6) is -0.614. The first kappa shape index (κ1) is 52.0. The first-order valence-corrected chi connectivity index (χ1v) is 24.2. The number of nitrogens with one attached hydrogen (secondary N) is 1. The van der Waals surface area contributed by atoms with Crippen LogP contribution < -0.4 is 5.32 Å². The van der Waals surface area contributed by atoms with E-state index in [1.54, 1.807) is 12.1 Å².